The standard InChI is InChI=1S/C12H9NO3/c14-8-16-10-6-7-11(15)13-12(10)9-4-2-1-3-5-9/h1-8H,(H,13,15)/i8D. The molecule has 2 aromatic rings. The van der Waals surface area contributed by atoms with Gasteiger partial charge in [0.1, 0.15) is 0 Å². The van der Waals surface area contributed by atoms with Gasteiger partial charge >= 0.3 is 0 Å². The number of ether oxygens (including phenoxy) is 1. The Labute approximate surface area is 92.9 Å². The van der Waals surface area contributed by atoms with Crippen LogP contribution in [0.1, 0.15) is 1.37 Å². The summed E-state index contributed by atoms with van der Waals surface area (Å²) >= 11 is 0. The summed E-state index contributed by atoms with van der Waals surface area (Å²) < 4.78 is 11.5. The number of carbonyl (C=O) groups excluding carboxylic acids is 1. The number of aromatic nitrogens is 1. The fourth-order valence-corrected chi connectivity index (χ4v) is 1.41. The van der Waals surface area contributed by atoms with Gasteiger partial charge in [-0.3, -0.25) is 9.59 Å². The van der Waals surface area contributed by atoms with Gasteiger partial charge in [-0.05, 0) is 6.07 Å². The molecule has 1 N–H and O–H groups in total. The predicted molar refractivity (Wildman–Crippen MR) is 59.2 cm³/mol. The molecule has 0 spiro atoms. The molecule has 2 rings (SSSR count). The van der Waals surface area contributed by atoms with E-state index in [1.165, 1.54) is 12.1 Å². The fraction of sp³-hybridized carbons (Fsp3) is 0. The molecular weight excluding hydrogens is 206 g/mol. The van der Waals surface area contributed by atoms with E-state index in [4.69, 9.17) is 6.11 Å². The number of hydrogen-bond acceptors (Lipinski definition) is 3. The Hall–Kier alpha value is -2.36. The largest absolute Gasteiger partial charge is 0.426 e. The quantitative estimate of drug-likeness (QED) is 0.775. The number of nitrogens with one attached hydrogen (secondary N) is 1. The van der Waals surface area contributed by atoms with Crippen molar-refractivity contribution in [2.75, 3.05) is 0 Å². The van der Waals surface area contributed by atoms with E-state index in [9.17, 15) is 9.59 Å². The van der Waals surface area contributed by atoms with Crippen LogP contribution in [-0.4, -0.2) is 11.4 Å². The number of carbonyl (C=O) groups is 1. The van der Waals surface area contributed by atoms with E-state index in [0.717, 1.165) is 0 Å². The third kappa shape index (κ3) is 2.00. The highest BCUT2D eigenvalue weighted by Crippen LogP contribution is 2.25. The molecule has 80 valence electrons. The van der Waals surface area contributed by atoms with Crippen molar-refractivity contribution in [1.29, 1.82) is 0 Å². The van der Waals surface area contributed by atoms with Crippen molar-refractivity contribution in [2.24, 2.45) is 0 Å². The first-order valence-corrected chi connectivity index (χ1v) is 4.64. The number of benzene rings is 1. The van der Waals surface area contributed by atoms with E-state index in [-0.39, 0.29) is 11.3 Å². The molecule has 1 heterocycles. The van der Waals surface area contributed by atoms with Crippen molar-refractivity contribution in [3.8, 4) is 17.0 Å². The summed E-state index contributed by atoms with van der Waals surface area (Å²) in [6.07, 6.45) is -1.17. The third-order valence-corrected chi connectivity index (χ3v) is 2.09. The Morgan fingerprint density at radius 3 is 2.62 bits per heavy atom. The van der Waals surface area contributed by atoms with Crippen molar-refractivity contribution in [1.82, 2.24) is 4.98 Å². The molecule has 0 saturated carbocycles. The zero-order valence-corrected chi connectivity index (χ0v) is 8.27. The molecule has 1 aromatic carbocycles. The second kappa shape index (κ2) is 4.44. The van der Waals surface area contributed by atoms with Gasteiger partial charge in [-0.1, -0.05) is 30.3 Å². The molecule has 0 aliphatic carbocycles. The van der Waals surface area contributed by atoms with Crippen LogP contribution in [0.4, 0.5) is 0 Å². The van der Waals surface area contributed by atoms with E-state index in [2.05, 4.69) is 4.98 Å². The Bertz CT molecular complexity index is 592. The van der Waals surface area contributed by atoms with Crippen LogP contribution in [0, 0.1) is 0 Å². The molecule has 16 heavy (non-hydrogen) atoms. The summed E-state index contributed by atoms with van der Waals surface area (Å²) in [5.74, 6) is 0.163. The lowest BCUT2D eigenvalue weighted by Gasteiger charge is -2.06. The van der Waals surface area contributed by atoms with Crippen LogP contribution < -0.4 is 10.3 Å². The molecule has 0 aliphatic rings. The van der Waals surface area contributed by atoms with E-state index in [1.807, 2.05) is 6.07 Å². The second-order valence-corrected chi connectivity index (χ2v) is 3.11. The number of hydrogen-bond donors (Lipinski definition) is 1. The first kappa shape index (κ1) is 8.91. The first-order valence-electron chi connectivity index (χ1n) is 5.14. The zero-order valence-electron chi connectivity index (χ0n) is 9.27. The number of rotatable bonds is 2. The molecule has 0 aliphatic heterocycles. The molecule has 0 unspecified atom stereocenters. The average molecular weight is 216 g/mol. The van der Waals surface area contributed by atoms with Crippen molar-refractivity contribution in [3.63, 3.8) is 0 Å². The van der Waals surface area contributed by atoms with Gasteiger partial charge in [-0.25, -0.2) is 0 Å². The molecule has 0 amide bonds. The van der Waals surface area contributed by atoms with Crippen LogP contribution in [0.5, 0.6) is 5.75 Å². The van der Waals surface area contributed by atoms with Crippen molar-refractivity contribution in [3.05, 3.63) is 52.8 Å². The lowest BCUT2D eigenvalue weighted by atomic mass is 10.1. The van der Waals surface area contributed by atoms with Gasteiger partial charge in [0.15, 0.2) is 7.12 Å². The topological polar surface area (TPSA) is 59.2 Å². The molecule has 0 fully saturated rings. The zero-order chi connectivity index (χ0) is 12.3. The van der Waals surface area contributed by atoms with Crippen LogP contribution in [0.2, 0.25) is 0 Å². The molecule has 0 atom stereocenters. The van der Waals surface area contributed by atoms with E-state index in [1.54, 1.807) is 24.3 Å². The minimum absolute atomic E-state index is 0.163. The molecule has 0 bridgehead atoms. The van der Waals surface area contributed by atoms with Crippen molar-refractivity contribution in [2.45, 2.75) is 0 Å². The molecule has 1 aromatic heterocycles. The van der Waals surface area contributed by atoms with Gasteiger partial charge < -0.3 is 9.72 Å². The predicted octanol–water partition coefficient (Wildman–Crippen LogP) is 1.58. The highest BCUT2D eigenvalue weighted by Gasteiger charge is 2.06. The van der Waals surface area contributed by atoms with Gasteiger partial charge in [-0.2, -0.15) is 0 Å². The highest BCUT2D eigenvalue weighted by molar-refractivity contribution is 5.67. The second-order valence-electron chi connectivity index (χ2n) is 3.11. The summed E-state index contributed by atoms with van der Waals surface area (Å²) in [4.78, 5) is 24.5. The van der Waals surface area contributed by atoms with E-state index < -0.39 is 6.45 Å². The SMILES string of the molecule is [2H]C(=O)Oc1ccc(=O)[nH]c1-c1ccccc1. The highest BCUT2D eigenvalue weighted by atomic mass is 16.5. The fourth-order valence-electron chi connectivity index (χ4n) is 1.41. The van der Waals surface area contributed by atoms with E-state index >= 15 is 0 Å². The van der Waals surface area contributed by atoms with Gasteiger partial charge in [0.2, 0.25) is 5.56 Å². The third-order valence-electron chi connectivity index (χ3n) is 2.09. The van der Waals surface area contributed by atoms with Gasteiger partial charge in [0.05, 0.1) is 5.69 Å². The summed E-state index contributed by atoms with van der Waals surface area (Å²) in [5, 5.41) is 0. The van der Waals surface area contributed by atoms with Gasteiger partial charge in [0.25, 0.3) is 6.45 Å². The summed E-state index contributed by atoms with van der Waals surface area (Å²) in [7, 11) is 0. The summed E-state index contributed by atoms with van der Waals surface area (Å²) in [5.41, 5.74) is 0.800. The molecule has 4 heteroatoms. The molecule has 0 radical (unpaired) electrons. The number of H-pyrrole nitrogens is 1. The van der Waals surface area contributed by atoms with Crippen molar-refractivity contribution >= 4 is 6.45 Å². The van der Waals surface area contributed by atoms with Gasteiger partial charge in [-0.15, -0.1) is 0 Å². The number of aromatic amines is 1. The van der Waals surface area contributed by atoms with Crippen LogP contribution in [0.3, 0.4) is 0 Å². The van der Waals surface area contributed by atoms with Crippen LogP contribution in [-0.2, 0) is 4.79 Å². The van der Waals surface area contributed by atoms with E-state index in [0.29, 0.717) is 11.3 Å². The lowest BCUT2D eigenvalue weighted by Crippen LogP contribution is -2.06. The Morgan fingerprint density at radius 2 is 1.94 bits per heavy atom. The Morgan fingerprint density at radius 1 is 1.19 bits per heavy atom. The monoisotopic (exact) mass is 216 g/mol. The Kier molecular flexibility index (Phi) is 2.47. The van der Waals surface area contributed by atoms with Crippen LogP contribution >= 0.6 is 0 Å². The molecule has 4 nitrogen and oxygen atoms in total. The maximum absolute atomic E-state index is 11.3. The summed E-state index contributed by atoms with van der Waals surface area (Å²) in [6, 6.07) is 11.6. The molecular formula is C12H9NO3. The average Bonchev–Trinajstić information content (AvgIpc) is 2.32. The van der Waals surface area contributed by atoms with Crippen LogP contribution in [0.15, 0.2) is 47.3 Å². The minimum atomic E-state index is -1.17. The first-order chi connectivity index (χ1) is 8.16. The normalized spacial score (nSPS) is 10.6. The smallest absolute Gasteiger partial charge is 0.298 e. The maximum atomic E-state index is 11.3. The maximum Gasteiger partial charge on any atom is 0.298 e. The Balaban J connectivity index is 2.55. The lowest BCUT2D eigenvalue weighted by molar-refractivity contribution is -0.120. The van der Waals surface area contributed by atoms with Crippen LogP contribution in [0.25, 0.3) is 11.3 Å². The summed E-state index contributed by atoms with van der Waals surface area (Å²) in [6.45, 7) is 0. The van der Waals surface area contributed by atoms with Gasteiger partial charge in [0, 0.05) is 11.6 Å². The minimum Gasteiger partial charge on any atom is -0.426 e. The molecule has 0 saturated heterocycles. The van der Waals surface area contributed by atoms with Crippen molar-refractivity contribution < 1.29 is 10.9 Å². The number of pyridine rings is 1.